The van der Waals surface area contributed by atoms with Gasteiger partial charge in [0.1, 0.15) is 0 Å². The maximum absolute atomic E-state index is 6.30. The quantitative estimate of drug-likeness (QED) is 0.0556. The van der Waals surface area contributed by atoms with E-state index < -0.39 is 0 Å². The lowest BCUT2D eigenvalue weighted by Crippen LogP contribution is -2.30. The highest BCUT2D eigenvalue weighted by atomic mass is 16.5. The molecule has 0 aromatic heterocycles. The second-order valence-corrected chi connectivity index (χ2v) is 13.2. The molecule has 0 bridgehead atoms. The topological polar surface area (TPSA) is 21.7 Å². The van der Waals surface area contributed by atoms with Crippen LogP contribution in [0, 0.1) is 0 Å². The Kier molecular flexibility index (Phi) is 30.8. The molecule has 256 valence electrons. The van der Waals surface area contributed by atoms with Crippen LogP contribution >= 0.6 is 0 Å². The number of hydrogen-bond acceptors (Lipinski definition) is 3. The number of allylic oxidation sites excluding steroid dienone is 8. The van der Waals surface area contributed by atoms with Crippen LogP contribution < -0.4 is 0 Å². The Labute approximate surface area is 276 Å². The van der Waals surface area contributed by atoms with E-state index in [-0.39, 0.29) is 12.2 Å². The molecule has 0 aromatic rings. The summed E-state index contributed by atoms with van der Waals surface area (Å²) < 4.78 is 12.6. The molecule has 1 aliphatic rings. The molecule has 1 aliphatic heterocycles. The van der Waals surface area contributed by atoms with Crippen LogP contribution in [0.15, 0.2) is 48.6 Å². The average Bonchev–Trinajstić information content (AvgIpc) is 3.38. The highest BCUT2D eigenvalue weighted by Crippen LogP contribution is 2.18. The molecule has 0 aromatic carbocycles. The van der Waals surface area contributed by atoms with Crippen LogP contribution in [0.5, 0.6) is 0 Å². The summed E-state index contributed by atoms with van der Waals surface area (Å²) in [5.74, 6) is 0. The normalized spacial score (nSPS) is 18.0. The van der Waals surface area contributed by atoms with Gasteiger partial charge in [-0.3, -0.25) is 0 Å². The zero-order valence-electron chi connectivity index (χ0n) is 29.8. The Bertz CT molecular complexity index is 639. The van der Waals surface area contributed by atoms with Gasteiger partial charge in [0.2, 0.25) is 0 Å². The van der Waals surface area contributed by atoms with Crippen LogP contribution in [0.2, 0.25) is 0 Å². The van der Waals surface area contributed by atoms with Crippen molar-refractivity contribution < 1.29 is 9.47 Å². The van der Waals surface area contributed by atoms with Gasteiger partial charge in [-0.25, -0.2) is 0 Å². The maximum atomic E-state index is 6.30. The summed E-state index contributed by atoms with van der Waals surface area (Å²) >= 11 is 0. The third kappa shape index (κ3) is 27.2. The number of ether oxygens (including phenoxy) is 2. The Morgan fingerprint density at radius 1 is 0.432 bits per heavy atom. The van der Waals surface area contributed by atoms with Crippen molar-refractivity contribution in [1.82, 2.24) is 4.90 Å². The van der Waals surface area contributed by atoms with Gasteiger partial charge in [0.15, 0.2) is 0 Å². The number of likely N-dealkylation sites (tertiary alicyclic amines) is 1. The van der Waals surface area contributed by atoms with E-state index in [1.54, 1.807) is 0 Å². The van der Waals surface area contributed by atoms with Crippen molar-refractivity contribution in [3.63, 3.8) is 0 Å². The number of rotatable bonds is 32. The van der Waals surface area contributed by atoms with Crippen molar-refractivity contribution in [1.29, 1.82) is 0 Å². The van der Waals surface area contributed by atoms with Crippen LogP contribution in [0.1, 0.15) is 168 Å². The van der Waals surface area contributed by atoms with E-state index in [1.165, 1.54) is 141 Å². The zero-order valence-corrected chi connectivity index (χ0v) is 29.8. The van der Waals surface area contributed by atoms with E-state index >= 15 is 0 Å². The number of likely N-dealkylation sites (N-methyl/N-ethyl adjacent to an activating group) is 1. The minimum atomic E-state index is 0.252. The molecule has 0 spiro atoms. The summed E-state index contributed by atoms with van der Waals surface area (Å²) in [6.45, 7) is 8.33. The summed E-state index contributed by atoms with van der Waals surface area (Å²) in [7, 11) is 2.20. The molecule has 1 saturated heterocycles. The Hall–Kier alpha value is -1.16. The standard InChI is InChI=1S/C41H75NO2/c1-4-6-8-10-12-14-16-18-20-22-24-26-28-30-32-34-36-43-40-38-42(3)39-41(40)44-37-35-33-31-29-27-25-23-21-19-17-15-13-11-9-7-5-2/h12-15,18-21,40-41H,4-11,16-17,22-39H2,1-3H3/t40-,41-/m1/s1. The molecule has 1 fully saturated rings. The van der Waals surface area contributed by atoms with Gasteiger partial charge in [-0.15, -0.1) is 0 Å². The van der Waals surface area contributed by atoms with E-state index in [2.05, 4.69) is 74.4 Å². The van der Waals surface area contributed by atoms with Crippen molar-refractivity contribution in [2.45, 2.75) is 180 Å². The molecule has 44 heavy (non-hydrogen) atoms. The van der Waals surface area contributed by atoms with Gasteiger partial charge < -0.3 is 14.4 Å². The van der Waals surface area contributed by atoms with Crippen LogP contribution in [0.3, 0.4) is 0 Å². The van der Waals surface area contributed by atoms with Crippen molar-refractivity contribution in [2.75, 3.05) is 33.4 Å². The smallest absolute Gasteiger partial charge is 0.0975 e. The molecule has 0 radical (unpaired) electrons. The van der Waals surface area contributed by atoms with Gasteiger partial charge in [0.05, 0.1) is 12.2 Å². The molecule has 0 unspecified atom stereocenters. The zero-order chi connectivity index (χ0) is 31.6. The second kappa shape index (κ2) is 33.2. The van der Waals surface area contributed by atoms with E-state index in [0.29, 0.717) is 0 Å². The summed E-state index contributed by atoms with van der Waals surface area (Å²) in [4.78, 5) is 2.37. The van der Waals surface area contributed by atoms with Crippen molar-refractivity contribution in [2.24, 2.45) is 0 Å². The van der Waals surface area contributed by atoms with Gasteiger partial charge in [-0.1, -0.05) is 140 Å². The SMILES string of the molecule is CCCCCC=CCC=CCCCCCCCCO[C@@H]1CN(C)C[C@H]1OCCCCCCCCC=CCC=CCCCCC. The van der Waals surface area contributed by atoms with E-state index in [4.69, 9.17) is 9.47 Å². The molecule has 0 amide bonds. The summed E-state index contributed by atoms with van der Waals surface area (Å²) in [5.41, 5.74) is 0. The third-order valence-corrected chi connectivity index (χ3v) is 8.75. The molecule has 1 rings (SSSR count). The van der Waals surface area contributed by atoms with Crippen molar-refractivity contribution in [3.8, 4) is 0 Å². The molecule has 2 atom stereocenters. The molecule has 0 aliphatic carbocycles. The van der Waals surface area contributed by atoms with E-state index in [9.17, 15) is 0 Å². The third-order valence-electron chi connectivity index (χ3n) is 8.75. The van der Waals surface area contributed by atoms with Gasteiger partial charge in [-0.05, 0) is 84.1 Å². The van der Waals surface area contributed by atoms with Crippen LogP contribution in [-0.4, -0.2) is 50.5 Å². The highest BCUT2D eigenvalue weighted by Gasteiger charge is 2.32. The summed E-state index contributed by atoms with van der Waals surface area (Å²) in [6, 6.07) is 0. The fourth-order valence-corrected chi connectivity index (χ4v) is 5.89. The molecule has 3 heteroatoms. The lowest BCUT2D eigenvalue weighted by atomic mass is 10.1. The predicted molar refractivity (Wildman–Crippen MR) is 196 cm³/mol. The summed E-state index contributed by atoms with van der Waals surface area (Å²) in [5, 5.41) is 0. The van der Waals surface area contributed by atoms with Crippen LogP contribution in [0.4, 0.5) is 0 Å². The first kappa shape index (κ1) is 40.9. The first-order valence-electron chi connectivity index (χ1n) is 19.3. The average molecular weight is 614 g/mol. The Morgan fingerprint density at radius 2 is 0.750 bits per heavy atom. The number of hydrogen-bond donors (Lipinski definition) is 0. The van der Waals surface area contributed by atoms with Gasteiger partial charge in [-0.2, -0.15) is 0 Å². The van der Waals surface area contributed by atoms with Crippen LogP contribution in [-0.2, 0) is 9.47 Å². The lowest BCUT2D eigenvalue weighted by molar-refractivity contribution is -0.0481. The molecular formula is C41H75NO2. The Balaban J connectivity index is 1.90. The molecule has 3 nitrogen and oxygen atoms in total. The first-order chi connectivity index (χ1) is 21.8. The minimum Gasteiger partial charge on any atom is -0.374 e. The second-order valence-electron chi connectivity index (χ2n) is 13.2. The van der Waals surface area contributed by atoms with Crippen molar-refractivity contribution >= 4 is 0 Å². The largest absolute Gasteiger partial charge is 0.374 e. The predicted octanol–water partition coefficient (Wildman–Crippen LogP) is 12.3. The molecule has 1 heterocycles. The number of nitrogens with zero attached hydrogens (tertiary/aromatic N) is 1. The Morgan fingerprint density at radius 3 is 1.11 bits per heavy atom. The molecule has 0 N–H and O–H groups in total. The fourth-order valence-electron chi connectivity index (χ4n) is 5.89. The van der Waals surface area contributed by atoms with Gasteiger partial charge in [0, 0.05) is 26.3 Å². The van der Waals surface area contributed by atoms with Gasteiger partial charge >= 0.3 is 0 Å². The van der Waals surface area contributed by atoms with Gasteiger partial charge in [0.25, 0.3) is 0 Å². The van der Waals surface area contributed by atoms with E-state index in [0.717, 1.165) is 39.1 Å². The van der Waals surface area contributed by atoms with E-state index in [1.807, 2.05) is 0 Å². The lowest BCUT2D eigenvalue weighted by Gasteiger charge is -2.20. The highest BCUT2D eigenvalue weighted by molar-refractivity contribution is 4.93. The maximum Gasteiger partial charge on any atom is 0.0975 e. The molecule has 0 saturated carbocycles. The van der Waals surface area contributed by atoms with Crippen molar-refractivity contribution in [3.05, 3.63) is 48.6 Å². The number of unbranched alkanes of at least 4 members (excludes halogenated alkanes) is 18. The fraction of sp³-hybridized carbons (Fsp3) is 0.805. The monoisotopic (exact) mass is 614 g/mol. The first-order valence-corrected chi connectivity index (χ1v) is 19.3. The van der Waals surface area contributed by atoms with Crippen LogP contribution in [0.25, 0.3) is 0 Å². The minimum absolute atomic E-state index is 0.252. The molecular weight excluding hydrogens is 538 g/mol. The summed E-state index contributed by atoms with van der Waals surface area (Å²) in [6.07, 6.45) is 50.2.